The second kappa shape index (κ2) is 7.03. The SMILES string of the molecule is O=C(C=CN1CCCCC1)c1cccc(-c2ccccc2)n1. The first-order valence-electron chi connectivity index (χ1n) is 7.82. The Morgan fingerprint density at radius 2 is 1.73 bits per heavy atom. The van der Waals surface area contributed by atoms with Gasteiger partial charge >= 0.3 is 0 Å². The standard InChI is InChI=1S/C19H20N2O/c22-19(12-15-21-13-5-2-6-14-21)18-11-7-10-17(20-18)16-8-3-1-4-9-16/h1,3-4,7-12,15H,2,5-6,13-14H2. The van der Waals surface area contributed by atoms with Crippen molar-refractivity contribution in [3.05, 3.63) is 66.5 Å². The molecule has 1 saturated heterocycles. The molecule has 22 heavy (non-hydrogen) atoms. The van der Waals surface area contributed by atoms with Gasteiger partial charge in [-0.25, -0.2) is 4.98 Å². The van der Waals surface area contributed by atoms with E-state index in [2.05, 4.69) is 9.88 Å². The summed E-state index contributed by atoms with van der Waals surface area (Å²) >= 11 is 0. The number of piperidine rings is 1. The summed E-state index contributed by atoms with van der Waals surface area (Å²) in [5, 5.41) is 0. The van der Waals surface area contributed by atoms with E-state index in [1.165, 1.54) is 19.3 Å². The molecule has 2 aromatic rings. The van der Waals surface area contributed by atoms with Gasteiger partial charge in [0, 0.05) is 30.9 Å². The molecule has 1 fully saturated rings. The zero-order valence-electron chi connectivity index (χ0n) is 12.6. The molecule has 0 saturated carbocycles. The van der Waals surface area contributed by atoms with Crippen molar-refractivity contribution in [3.63, 3.8) is 0 Å². The minimum atomic E-state index is -0.0386. The van der Waals surface area contributed by atoms with Crippen LogP contribution in [0.1, 0.15) is 29.8 Å². The van der Waals surface area contributed by atoms with Gasteiger partial charge in [-0.15, -0.1) is 0 Å². The molecule has 0 N–H and O–H groups in total. The van der Waals surface area contributed by atoms with Crippen LogP contribution in [0.5, 0.6) is 0 Å². The highest BCUT2D eigenvalue weighted by Crippen LogP contribution is 2.17. The fraction of sp³-hybridized carbons (Fsp3) is 0.263. The third kappa shape index (κ3) is 3.61. The molecular formula is C19H20N2O. The molecule has 2 heterocycles. The molecule has 0 bridgehead atoms. The molecular weight excluding hydrogens is 272 g/mol. The Kier molecular flexibility index (Phi) is 4.64. The van der Waals surface area contributed by atoms with Crippen LogP contribution in [0.25, 0.3) is 11.3 Å². The first-order chi connectivity index (χ1) is 10.8. The molecule has 0 radical (unpaired) electrons. The lowest BCUT2D eigenvalue weighted by Crippen LogP contribution is -2.24. The number of allylic oxidation sites excluding steroid dienone is 1. The monoisotopic (exact) mass is 292 g/mol. The summed E-state index contributed by atoms with van der Waals surface area (Å²) in [7, 11) is 0. The number of rotatable bonds is 4. The van der Waals surface area contributed by atoms with Gasteiger partial charge in [-0.05, 0) is 31.4 Å². The van der Waals surface area contributed by atoms with E-state index in [9.17, 15) is 4.79 Å². The van der Waals surface area contributed by atoms with Crippen molar-refractivity contribution in [2.24, 2.45) is 0 Å². The Labute approximate surface area is 131 Å². The average Bonchev–Trinajstić information content (AvgIpc) is 2.61. The summed E-state index contributed by atoms with van der Waals surface area (Å²) in [6.07, 6.45) is 7.26. The van der Waals surface area contributed by atoms with Crippen LogP contribution < -0.4 is 0 Å². The van der Waals surface area contributed by atoms with Crippen LogP contribution in [0.3, 0.4) is 0 Å². The lowest BCUT2D eigenvalue weighted by Gasteiger charge is -2.24. The maximum absolute atomic E-state index is 12.3. The van der Waals surface area contributed by atoms with Crippen LogP contribution in [0.15, 0.2) is 60.8 Å². The normalized spacial score (nSPS) is 15.2. The van der Waals surface area contributed by atoms with Gasteiger partial charge in [0.25, 0.3) is 0 Å². The number of carbonyl (C=O) groups excluding carboxylic acids is 1. The predicted octanol–water partition coefficient (Wildman–Crippen LogP) is 3.93. The van der Waals surface area contributed by atoms with Crippen molar-refractivity contribution in [3.8, 4) is 11.3 Å². The highest BCUT2D eigenvalue weighted by molar-refractivity contribution is 6.03. The molecule has 1 aliphatic heterocycles. The first kappa shape index (κ1) is 14.5. The molecule has 1 aromatic heterocycles. The molecule has 0 unspecified atom stereocenters. The molecule has 1 aromatic carbocycles. The largest absolute Gasteiger partial charge is 0.377 e. The minimum absolute atomic E-state index is 0.0386. The summed E-state index contributed by atoms with van der Waals surface area (Å²) in [5.41, 5.74) is 2.35. The van der Waals surface area contributed by atoms with Crippen LogP contribution in [-0.2, 0) is 0 Å². The van der Waals surface area contributed by atoms with Crippen LogP contribution in [0.2, 0.25) is 0 Å². The number of hydrogen-bond acceptors (Lipinski definition) is 3. The van der Waals surface area contributed by atoms with E-state index in [0.29, 0.717) is 5.69 Å². The molecule has 3 nitrogen and oxygen atoms in total. The number of hydrogen-bond donors (Lipinski definition) is 0. The zero-order valence-corrected chi connectivity index (χ0v) is 12.6. The van der Waals surface area contributed by atoms with Crippen molar-refractivity contribution in [2.75, 3.05) is 13.1 Å². The zero-order chi connectivity index (χ0) is 15.2. The molecule has 3 heteroatoms. The second-order valence-electron chi connectivity index (χ2n) is 5.55. The fourth-order valence-electron chi connectivity index (χ4n) is 2.67. The van der Waals surface area contributed by atoms with Crippen LogP contribution in [0.4, 0.5) is 0 Å². The first-order valence-corrected chi connectivity index (χ1v) is 7.82. The smallest absolute Gasteiger partial charge is 0.205 e. The maximum Gasteiger partial charge on any atom is 0.205 e. The van der Waals surface area contributed by atoms with Gasteiger partial charge < -0.3 is 4.90 Å². The van der Waals surface area contributed by atoms with Crippen molar-refractivity contribution in [2.45, 2.75) is 19.3 Å². The van der Waals surface area contributed by atoms with E-state index in [-0.39, 0.29) is 5.78 Å². The molecule has 3 rings (SSSR count). The van der Waals surface area contributed by atoms with Gasteiger partial charge in [-0.3, -0.25) is 4.79 Å². The number of carbonyl (C=O) groups is 1. The van der Waals surface area contributed by atoms with Crippen LogP contribution >= 0.6 is 0 Å². The number of nitrogens with zero attached hydrogens (tertiary/aromatic N) is 2. The molecule has 1 aliphatic rings. The third-order valence-electron chi connectivity index (χ3n) is 3.90. The van der Waals surface area contributed by atoms with Crippen molar-refractivity contribution >= 4 is 5.78 Å². The summed E-state index contributed by atoms with van der Waals surface area (Å²) < 4.78 is 0. The molecule has 0 atom stereocenters. The Morgan fingerprint density at radius 1 is 0.955 bits per heavy atom. The molecule has 0 spiro atoms. The number of pyridine rings is 1. The topological polar surface area (TPSA) is 33.2 Å². The van der Waals surface area contributed by atoms with E-state index in [1.807, 2.05) is 48.7 Å². The van der Waals surface area contributed by atoms with E-state index < -0.39 is 0 Å². The molecule has 0 amide bonds. The molecule has 112 valence electrons. The van der Waals surface area contributed by atoms with E-state index in [4.69, 9.17) is 0 Å². The number of likely N-dealkylation sites (tertiary alicyclic amines) is 1. The van der Waals surface area contributed by atoms with Crippen molar-refractivity contribution in [1.29, 1.82) is 0 Å². The fourth-order valence-corrected chi connectivity index (χ4v) is 2.67. The number of aromatic nitrogens is 1. The lowest BCUT2D eigenvalue weighted by atomic mass is 10.1. The summed E-state index contributed by atoms with van der Waals surface area (Å²) in [6, 6.07) is 15.5. The number of ketones is 1. The highest BCUT2D eigenvalue weighted by Gasteiger charge is 2.08. The van der Waals surface area contributed by atoms with Crippen LogP contribution in [0, 0.1) is 0 Å². The predicted molar refractivity (Wildman–Crippen MR) is 88.6 cm³/mol. The van der Waals surface area contributed by atoms with Crippen molar-refractivity contribution in [1.82, 2.24) is 9.88 Å². The molecule has 0 aliphatic carbocycles. The summed E-state index contributed by atoms with van der Waals surface area (Å²) in [6.45, 7) is 2.09. The van der Waals surface area contributed by atoms with Gasteiger partial charge in [0.15, 0.2) is 0 Å². The Balaban J connectivity index is 1.74. The van der Waals surface area contributed by atoms with E-state index >= 15 is 0 Å². The Hall–Kier alpha value is -2.42. The maximum atomic E-state index is 12.3. The van der Waals surface area contributed by atoms with E-state index in [0.717, 1.165) is 24.3 Å². The van der Waals surface area contributed by atoms with Crippen LogP contribution in [-0.4, -0.2) is 28.8 Å². The van der Waals surface area contributed by atoms with Gasteiger partial charge in [0.1, 0.15) is 5.69 Å². The summed E-state index contributed by atoms with van der Waals surface area (Å²) in [4.78, 5) is 19.0. The van der Waals surface area contributed by atoms with Gasteiger partial charge in [0.05, 0.1) is 5.69 Å². The minimum Gasteiger partial charge on any atom is -0.377 e. The Morgan fingerprint density at radius 3 is 2.50 bits per heavy atom. The lowest BCUT2D eigenvalue weighted by molar-refractivity contribution is 0.104. The number of benzene rings is 1. The van der Waals surface area contributed by atoms with Gasteiger partial charge in [0.2, 0.25) is 5.78 Å². The van der Waals surface area contributed by atoms with Crippen molar-refractivity contribution < 1.29 is 4.79 Å². The van der Waals surface area contributed by atoms with Gasteiger partial charge in [-0.2, -0.15) is 0 Å². The Bertz CT molecular complexity index is 658. The summed E-state index contributed by atoms with van der Waals surface area (Å²) in [5.74, 6) is -0.0386. The highest BCUT2D eigenvalue weighted by atomic mass is 16.1. The third-order valence-corrected chi connectivity index (χ3v) is 3.90. The average molecular weight is 292 g/mol. The quantitative estimate of drug-likeness (QED) is 0.632. The second-order valence-corrected chi connectivity index (χ2v) is 5.55. The van der Waals surface area contributed by atoms with Gasteiger partial charge in [-0.1, -0.05) is 36.4 Å². The van der Waals surface area contributed by atoms with E-state index in [1.54, 1.807) is 12.1 Å².